The van der Waals surface area contributed by atoms with Gasteiger partial charge in [0.25, 0.3) is 5.91 Å². The quantitative estimate of drug-likeness (QED) is 0.589. The average molecular weight is 458 g/mol. The van der Waals surface area contributed by atoms with E-state index < -0.39 is 10.0 Å². The Hall–Kier alpha value is -2.59. The van der Waals surface area contributed by atoms with E-state index in [1.165, 1.54) is 15.6 Å². The van der Waals surface area contributed by atoms with E-state index in [0.717, 1.165) is 16.1 Å². The lowest BCUT2D eigenvalue weighted by atomic mass is 10.1. The Balaban J connectivity index is 1.52. The fraction of sp³-hybridized carbons (Fsp3) is 0.273. The number of hydrogen-bond acceptors (Lipinski definition) is 6. The van der Waals surface area contributed by atoms with E-state index in [1.54, 1.807) is 0 Å². The first-order valence-corrected chi connectivity index (χ1v) is 12.4. The minimum atomic E-state index is -3.43. The summed E-state index contributed by atoms with van der Waals surface area (Å²) >= 11 is 1.30. The van der Waals surface area contributed by atoms with Gasteiger partial charge < -0.3 is 10.1 Å². The molecule has 1 saturated heterocycles. The first kappa shape index (κ1) is 21.6. The molecule has 1 aromatic heterocycles. The number of aromatic nitrogens is 1. The van der Waals surface area contributed by atoms with Gasteiger partial charge in [-0.25, -0.2) is 13.4 Å². The van der Waals surface area contributed by atoms with Crippen LogP contribution in [0.3, 0.4) is 0 Å². The van der Waals surface area contributed by atoms with E-state index in [9.17, 15) is 13.2 Å². The number of sulfonamides is 1. The molecule has 1 fully saturated rings. The van der Waals surface area contributed by atoms with E-state index in [1.807, 2.05) is 60.7 Å². The molecule has 0 spiro atoms. The third-order valence-corrected chi connectivity index (χ3v) is 7.89. The monoisotopic (exact) mass is 457 g/mol. The summed E-state index contributed by atoms with van der Waals surface area (Å²) in [6.07, 6.45) is 0. The van der Waals surface area contributed by atoms with Crippen LogP contribution < -0.4 is 5.32 Å². The largest absolute Gasteiger partial charge is 0.379 e. The SMILES string of the molecule is O=C(NCCS(=O)(=O)N1CCOCC1)c1sc(-c2ccccc2)nc1-c1ccccc1. The first-order valence-electron chi connectivity index (χ1n) is 10.00. The second-order valence-electron chi connectivity index (χ2n) is 7.01. The van der Waals surface area contributed by atoms with Crippen LogP contribution in [0.25, 0.3) is 21.8 Å². The maximum absolute atomic E-state index is 13.0. The lowest BCUT2D eigenvalue weighted by Gasteiger charge is -2.26. The molecule has 31 heavy (non-hydrogen) atoms. The van der Waals surface area contributed by atoms with Crippen LogP contribution >= 0.6 is 11.3 Å². The van der Waals surface area contributed by atoms with Crippen molar-refractivity contribution in [1.82, 2.24) is 14.6 Å². The Bertz CT molecular complexity index is 1130. The van der Waals surface area contributed by atoms with Gasteiger partial charge in [-0.2, -0.15) is 4.31 Å². The van der Waals surface area contributed by atoms with Crippen LogP contribution in [0, 0.1) is 0 Å². The Morgan fingerprint density at radius 2 is 1.61 bits per heavy atom. The number of amides is 1. The van der Waals surface area contributed by atoms with Gasteiger partial charge in [0, 0.05) is 30.8 Å². The van der Waals surface area contributed by atoms with Crippen LogP contribution in [0.15, 0.2) is 60.7 Å². The van der Waals surface area contributed by atoms with E-state index in [2.05, 4.69) is 5.32 Å². The van der Waals surface area contributed by atoms with E-state index in [-0.39, 0.29) is 18.2 Å². The molecule has 4 rings (SSSR count). The van der Waals surface area contributed by atoms with Crippen LogP contribution in [0.5, 0.6) is 0 Å². The van der Waals surface area contributed by atoms with Gasteiger partial charge in [0.2, 0.25) is 10.0 Å². The highest BCUT2D eigenvalue weighted by molar-refractivity contribution is 7.89. The molecule has 0 unspecified atom stereocenters. The Labute approximate surface area is 185 Å². The fourth-order valence-electron chi connectivity index (χ4n) is 3.30. The minimum Gasteiger partial charge on any atom is -0.379 e. The summed E-state index contributed by atoms with van der Waals surface area (Å²) in [5, 5.41) is 3.50. The summed E-state index contributed by atoms with van der Waals surface area (Å²) in [5.74, 6) is -0.472. The molecule has 0 saturated carbocycles. The van der Waals surface area contributed by atoms with E-state index >= 15 is 0 Å². The zero-order valence-corrected chi connectivity index (χ0v) is 18.5. The molecular weight excluding hydrogens is 434 g/mol. The highest BCUT2D eigenvalue weighted by atomic mass is 32.2. The highest BCUT2D eigenvalue weighted by Crippen LogP contribution is 2.33. The van der Waals surface area contributed by atoms with Crippen molar-refractivity contribution in [2.75, 3.05) is 38.6 Å². The maximum Gasteiger partial charge on any atom is 0.263 e. The number of hydrogen-bond donors (Lipinski definition) is 1. The molecule has 3 aromatic rings. The van der Waals surface area contributed by atoms with Crippen LogP contribution in [0.2, 0.25) is 0 Å². The molecule has 7 nitrogen and oxygen atoms in total. The summed E-state index contributed by atoms with van der Waals surface area (Å²) < 4.78 is 31.6. The standard InChI is InChI=1S/C22H23N3O4S2/c26-21(23-11-16-31(27,28)25-12-14-29-15-13-25)20-19(17-7-3-1-4-8-17)24-22(30-20)18-9-5-2-6-10-18/h1-10H,11-16H2,(H,23,26). The van der Waals surface area contributed by atoms with Gasteiger partial charge in [0.05, 0.1) is 24.7 Å². The smallest absolute Gasteiger partial charge is 0.263 e. The van der Waals surface area contributed by atoms with Gasteiger partial charge >= 0.3 is 0 Å². The van der Waals surface area contributed by atoms with Crippen molar-refractivity contribution in [3.8, 4) is 21.8 Å². The number of carbonyl (C=O) groups excluding carboxylic acids is 1. The van der Waals surface area contributed by atoms with Crippen LogP contribution in [-0.4, -0.2) is 62.2 Å². The normalized spacial score (nSPS) is 15.0. The predicted molar refractivity (Wildman–Crippen MR) is 121 cm³/mol. The number of rotatable bonds is 7. The Kier molecular flexibility index (Phi) is 6.77. The summed E-state index contributed by atoms with van der Waals surface area (Å²) in [6.45, 7) is 1.53. The van der Waals surface area contributed by atoms with E-state index in [4.69, 9.17) is 9.72 Å². The lowest BCUT2D eigenvalue weighted by Crippen LogP contribution is -2.43. The van der Waals surface area contributed by atoms with Crippen LogP contribution in [0.4, 0.5) is 0 Å². The molecule has 1 amide bonds. The third kappa shape index (κ3) is 5.19. The van der Waals surface area contributed by atoms with Gasteiger partial charge in [0.15, 0.2) is 0 Å². The van der Waals surface area contributed by atoms with E-state index in [0.29, 0.717) is 36.9 Å². The summed E-state index contributed by atoms with van der Waals surface area (Å²) in [7, 11) is -3.43. The van der Waals surface area contributed by atoms with Crippen molar-refractivity contribution in [2.24, 2.45) is 0 Å². The third-order valence-electron chi connectivity index (χ3n) is 4.91. The van der Waals surface area contributed by atoms with Gasteiger partial charge in [-0.15, -0.1) is 11.3 Å². The molecule has 2 heterocycles. The second kappa shape index (κ2) is 9.69. The minimum absolute atomic E-state index is 0.0331. The molecule has 9 heteroatoms. The number of carbonyl (C=O) groups is 1. The maximum atomic E-state index is 13.0. The van der Waals surface area contributed by atoms with Crippen molar-refractivity contribution in [3.63, 3.8) is 0 Å². The predicted octanol–water partition coefficient (Wildman–Crippen LogP) is 2.87. The zero-order chi connectivity index (χ0) is 21.7. The number of benzene rings is 2. The number of thiazole rings is 1. The van der Waals surface area contributed by atoms with Gasteiger partial charge in [-0.05, 0) is 0 Å². The zero-order valence-electron chi connectivity index (χ0n) is 16.9. The number of ether oxygens (including phenoxy) is 1. The molecule has 2 aromatic carbocycles. The molecule has 1 aliphatic rings. The molecule has 162 valence electrons. The number of nitrogens with zero attached hydrogens (tertiary/aromatic N) is 2. The molecule has 0 aliphatic carbocycles. The van der Waals surface area contributed by atoms with Crippen LogP contribution in [0.1, 0.15) is 9.67 Å². The molecule has 1 N–H and O–H groups in total. The molecule has 1 aliphatic heterocycles. The van der Waals surface area contributed by atoms with Gasteiger partial charge in [-0.1, -0.05) is 60.7 Å². The first-order chi connectivity index (χ1) is 15.0. The Morgan fingerprint density at radius 3 is 2.26 bits per heavy atom. The summed E-state index contributed by atoms with van der Waals surface area (Å²) in [5.41, 5.74) is 2.36. The van der Waals surface area contributed by atoms with Crippen molar-refractivity contribution in [2.45, 2.75) is 0 Å². The van der Waals surface area contributed by atoms with Crippen molar-refractivity contribution in [3.05, 3.63) is 65.5 Å². The molecular formula is C22H23N3O4S2. The molecule has 0 radical (unpaired) electrons. The van der Waals surface area contributed by atoms with Crippen molar-refractivity contribution < 1.29 is 17.9 Å². The topological polar surface area (TPSA) is 88.6 Å². The number of nitrogens with one attached hydrogen (secondary N) is 1. The van der Waals surface area contributed by atoms with Crippen molar-refractivity contribution in [1.29, 1.82) is 0 Å². The fourth-order valence-corrected chi connectivity index (χ4v) is 5.63. The van der Waals surface area contributed by atoms with Crippen LogP contribution in [-0.2, 0) is 14.8 Å². The van der Waals surface area contributed by atoms with Gasteiger partial charge in [0.1, 0.15) is 9.88 Å². The molecule has 0 atom stereocenters. The lowest BCUT2D eigenvalue weighted by molar-refractivity contribution is 0.0730. The second-order valence-corrected chi connectivity index (χ2v) is 10.1. The average Bonchev–Trinajstić information content (AvgIpc) is 3.26. The highest BCUT2D eigenvalue weighted by Gasteiger charge is 2.25. The Morgan fingerprint density at radius 1 is 1.00 bits per heavy atom. The summed E-state index contributed by atoms with van der Waals surface area (Å²) in [4.78, 5) is 18.2. The summed E-state index contributed by atoms with van der Waals surface area (Å²) in [6, 6.07) is 19.2. The van der Waals surface area contributed by atoms with Crippen molar-refractivity contribution >= 4 is 27.3 Å². The molecule has 0 bridgehead atoms. The number of morpholine rings is 1. The van der Waals surface area contributed by atoms with Gasteiger partial charge in [-0.3, -0.25) is 4.79 Å².